The van der Waals surface area contributed by atoms with Gasteiger partial charge in [-0.25, -0.2) is 12.8 Å². The third-order valence-electron chi connectivity index (χ3n) is 5.94. The smallest absolute Gasteiger partial charge is 0.248 e. The lowest BCUT2D eigenvalue weighted by molar-refractivity contribution is -0.140. The summed E-state index contributed by atoms with van der Waals surface area (Å²) in [5.74, 6) is -0.849. The quantitative estimate of drug-likeness (QED) is 0.565. The molecule has 1 amide bonds. The van der Waals surface area contributed by atoms with Gasteiger partial charge in [0.05, 0.1) is 17.1 Å². The van der Waals surface area contributed by atoms with Gasteiger partial charge in [-0.15, -0.1) is 0 Å². The Morgan fingerprint density at radius 2 is 1.85 bits per heavy atom. The van der Waals surface area contributed by atoms with E-state index in [9.17, 15) is 22.7 Å². The minimum Gasteiger partial charge on any atom is -0.385 e. The Balaban J connectivity index is 1.45. The Kier molecular flexibility index (Phi) is 8.13. The van der Waals surface area contributed by atoms with Gasteiger partial charge in [0.15, 0.2) is 0 Å². The summed E-state index contributed by atoms with van der Waals surface area (Å²) >= 11 is 5.91. The molecule has 7 nitrogen and oxygen atoms in total. The number of ether oxygens (including phenoxy) is 1. The summed E-state index contributed by atoms with van der Waals surface area (Å²) in [5.41, 5.74) is 0.213. The number of halogens is 2. The summed E-state index contributed by atoms with van der Waals surface area (Å²) in [6.45, 7) is 2.21. The van der Waals surface area contributed by atoms with Crippen LogP contribution in [-0.4, -0.2) is 68.5 Å². The number of carbonyl (C=O) groups excluding carboxylic acids is 1. The molecule has 1 aliphatic rings. The number of likely N-dealkylation sites (N-methyl/N-ethyl adjacent to an activating group) is 1. The predicted octanol–water partition coefficient (Wildman–Crippen LogP) is 2.93. The lowest BCUT2D eigenvalue weighted by Crippen LogP contribution is -2.46. The van der Waals surface area contributed by atoms with Crippen molar-refractivity contribution in [2.45, 2.75) is 30.3 Å². The Labute approximate surface area is 198 Å². The molecular formula is C23H28ClFN2O5S. The molecule has 1 heterocycles. The monoisotopic (exact) mass is 498 g/mol. The van der Waals surface area contributed by atoms with Crippen LogP contribution in [0, 0.1) is 12.7 Å². The normalized spacial score (nSPS) is 16.2. The molecule has 0 atom stereocenters. The van der Waals surface area contributed by atoms with Gasteiger partial charge in [0.25, 0.3) is 0 Å². The number of nitrogens with zero attached hydrogens (tertiary/aromatic N) is 2. The molecule has 1 N–H and O–H groups in total. The largest absolute Gasteiger partial charge is 0.385 e. The molecule has 33 heavy (non-hydrogen) atoms. The number of likely N-dealkylation sites (tertiary alicyclic amines) is 1. The zero-order valence-corrected chi connectivity index (χ0v) is 20.2. The minimum absolute atomic E-state index is 0.0123. The average molecular weight is 499 g/mol. The molecule has 1 aliphatic heterocycles. The standard InChI is InChI=1S/C23H28ClFN2O5S/c1-17-3-8-20(25)15-21(17)33(30,31)26(2)13-14-32-16-22(28)27-11-9-23(29,10-12-27)18-4-6-19(24)7-5-18/h3-8,15,29H,9-14,16H2,1-2H3. The van der Waals surface area contributed by atoms with E-state index in [1.807, 2.05) is 0 Å². The van der Waals surface area contributed by atoms with Gasteiger partial charge >= 0.3 is 0 Å². The van der Waals surface area contributed by atoms with Crippen molar-refractivity contribution >= 4 is 27.5 Å². The van der Waals surface area contributed by atoms with E-state index in [1.165, 1.54) is 19.2 Å². The molecule has 0 aromatic heterocycles. The van der Waals surface area contributed by atoms with Crippen molar-refractivity contribution in [1.29, 1.82) is 0 Å². The van der Waals surface area contributed by atoms with Crippen molar-refractivity contribution in [1.82, 2.24) is 9.21 Å². The van der Waals surface area contributed by atoms with Crippen molar-refractivity contribution in [2.75, 3.05) is 39.9 Å². The van der Waals surface area contributed by atoms with Crippen LogP contribution in [-0.2, 0) is 25.2 Å². The highest BCUT2D eigenvalue weighted by molar-refractivity contribution is 7.89. The number of carbonyl (C=O) groups is 1. The molecule has 0 aliphatic carbocycles. The number of sulfonamides is 1. The van der Waals surface area contributed by atoms with Gasteiger partial charge in [0.2, 0.25) is 15.9 Å². The number of aliphatic hydroxyl groups is 1. The van der Waals surface area contributed by atoms with E-state index >= 15 is 0 Å². The second-order valence-corrected chi connectivity index (χ2v) is 10.7. The van der Waals surface area contributed by atoms with E-state index < -0.39 is 21.4 Å². The van der Waals surface area contributed by atoms with Crippen molar-refractivity contribution < 1.29 is 27.4 Å². The van der Waals surface area contributed by atoms with E-state index in [2.05, 4.69) is 0 Å². The first kappa shape index (κ1) is 25.6. The van der Waals surface area contributed by atoms with Crippen LogP contribution in [0.2, 0.25) is 5.02 Å². The van der Waals surface area contributed by atoms with E-state index in [0.29, 0.717) is 36.5 Å². The Bertz CT molecular complexity index is 1090. The SMILES string of the molecule is Cc1ccc(F)cc1S(=O)(=O)N(C)CCOCC(=O)N1CCC(O)(c2ccc(Cl)cc2)CC1. The maximum absolute atomic E-state index is 13.5. The molecule has 0 unspecified atom stereocenters. The second-order valence-electron chi connectivity index (χ2n) is 8.21. The van der Waals surface area contributed by atoms with Crippen molar-refractivity contribution in [3.63, 3.8) is 0 Å². The van der Waals surface area contributed by atoms with Crippen molar-refractivity contribution in [3.05, 3.63) is 64.4 Å². The lowest BCUT2D eigenvalue weighted by atomic mass is 9.84. The topological polar surface area (TPSA) is 87.2 Å². The van der Waals surface area contributed by atoms with Crippen LogP contribution < -0.4 is 0 Å². The van der Waals surface area contributed by atoms with Gasteiger partial charge in [0.1, 0.15) is 12.4 Å². The predicted molar refractivity (Wildman–Crippen MR) is 123 cm³/mol. The first-order valence-corrected chi connectivity index (χ1v) is 12.4. The summed E-state index contributed by atoms with van der Waals surface area (Å²) in [6, 6.07) is 10.7. The van der Waals surface area contributed by atoms with Crippen LogP contribution in [0.3, 0.4) is 0 Å². The van der Waals surface area contributed by atoms with Crippen LogP contribution in [0.1, 0.15) is 24.0 Å². The molecule has 180 valence electrons. The molecule has 2 aromatic rings. The van der Waals surface area contributed by atoms with Crippen molar-refractivity contribution in [3.8, 4) is 0 Å². The number of hydrogen-bond donors (Lipinski definition) is 1. The van der Waals surface area contributed by atoms with Gasteiger partial charge in [-0.05, 0) is 55.2 Å². The second kappa shape index (κ2) is 10.5. The third kappa shape index (κ3) is 6.10. The maximum Gasteiger partial charge on any atom is 0.248 e. The van der Waals surface area contributed by atoms with Gasteiger partial charge < -0.3 is 14.7 Å². The lowest BCUT2D eigenvalue weighted by Gasteiger charge is -2.38. The highest BCUT2D eigenvalue weighted by Crippen LogP contribution is 2.33. The van der Waals surface area contributed by atoms with E-state index in [1.54, 1.807) is 36.1 Å². The minimum atomic E-state index is -3.87. The first-order valence-electron chi connectivity index (χ1n) is 10.6. The van der Waals surface area contributed by atoms with E-state index in [4.69, 9.17) is 16.3 Å². The van der Waals surface area contributed by atoms with Crippen LogP contribution in [0.15, 0.2) is 47.4 Å². The average Bonchev–Trinajstić information content (AvgIpc) is 2.78. The Hall–Kier alpha value is -2.04. The maximum atomic E-state index is 13.5. The number of aryl methyl sites for hydroxylation is 1. The number of benzene rings is 2. The summed E-state index contributed by atoms with van der Waals surface area (Å²) in [5, 5.41) is 11.5. The van der Waals surface area contributed by atoms with Crippen molar-refractivity contribution in [2.24, 2.45) is 0 Å². The zero-order valence-electron chi connectivity index (χ0n) is 18.6. The third-order valence-corrected chi connectivity index (χ3v) is 8.19. The fourth-order valence-electron chi connectivity index (χ4n) is 3.76. The van der Waals surface area contributed by atoms with Gasteiger partial charge in [0, 0.05) is 31.7 Å². The Morgan fingerprint density at radius 1 is 1.21 bits per heavy atom. The summed E-state index contributed by atoms with van der Waals surface area (Å²) in [4.78, 5) is 14.0. The molecule has 2 aromatic carbocycles. The zero-order chi connectivity index (χ0) is 24.2. The number of piperidine rings is 1. The number of hydrogen-bond acceptors (Lipinski definition) is 5. The molecule has 10 heteroatoms. The number of rotatable bonds is 8. The summed E-state index contributed by atoms with van der Waals surface area (Å²) in [7, 11) is -2.49. The molecule has 1 saturated heterocycles. The van der Waals surface area contributed by atoms with Crippen LogP contribution >= 0.6 is 11.6 Å². The van der Waals surface area contributed by atoms with E-state index in [-0.39, 0.29) is 30.6 Å². The molecule has 0 bridgehead atoms. The molecular weight excluding hydrogens is 471 g/mol. The van der Waals surface area contributed by atoms with E-state index in [0.717, 1.165) is 15.9 Å². The molecule has 0 radical (unpaired) electrons. The highest BCUT2D eigenvalue weighted by Gasteiger charge is 2.35. The first-order chi connectivity index (χ1) is 15.5. The van der Waals surface area contributed by atoms with Crippen LogP contribution in [0.25, 0.3) is 0 Å². The summed E-state index contributed by atoms with van der Waals surface area (Å²) < 4.78 is 45.3. The van der Waals surface area contributed by atoms with Gasteiger partial charge in [-0.1, -0.05) is 29.8 Å². The molecule has 3 rings (SSSR count). The van der Waals surface area contributed by atoms with Gasteiger partial charge in [-0.3, -0.25) is 4.79 Å². The van der Waals surface area contributed by atoms with Crippen LogP contribution in [0.5, 0.6) is 0 Å². The molecule has 0 spiro atoms. The summed E-state index contributed by atoms with van der Waals surface area (Å²) in [6.07, 6.45) is 0.794. The molecule has 0 saturated carbocycles. The highest BCUT2D eigenvalue weighted by atomic mass is 35.5. The fourth-order valence-corrected chi connectivity index (χ4v) is 5.27. The Morgan fingerprint density at radius 3 is 2.48 bits per heavy atom. The van der Waals surface area contributed by atoms with Gasteiger partial charge in [-0.2, -0.15) is 4.31 Å². The molecule has 1 fully saturated rings. The van der Waals surface area contributed by atoms with Crippen LogP contribution in [0.4, 0.5) is 4.39 Å². The fraction of sp³-hybridized carbons (Fsp3) is 0.435. The number of amides is 1.